The minimum Gasteiger partial charge on any atom is -0.389 e. The number of benzene rings is 1. The van der Waals surface area contributed by atoms with E-state index in [4.69, 9.17) is 5.73 Å². The Labute approximate surface area is 110 Å². The molecule has 1 aromatic carbocycles. The number of nitrogen functional groups attached to an aromatic ring is 1. The maximum atomic E-state index is 11.0. The summed E-state index contributed by atoms with van der Waals surface area (Å²) < 4.78 is 0. The van der Waals surface area contributed by atoms with E-state index in [-0.39, 0.29) is 5.91 Å². The zero-order chi connectivity index (χ0) is 13.3. The maximum Gasteiger partial charge on any atom is 0.223 e. The molecule has 0 saturated heterocycles. The number of thiazole rings is 1. The summed E-state index contributed by atoms with van der Waals surface area (Å²) in [6.45, 7) is 5.53. The molecule has 5 heteroatoms. The topological polar surface area (TPSA) is 68.0 Å². The van der Waals surface area contributed by atoms with Gasteiger partial charge in [0.2, 0.25) is 5.91 Å². The highest BCUT2D eigenvalue weighted by molar-refractivity contribution is 7.20. The van der Waals surface area contributed by atoms with Crippen LogP contribution < -0.4 is 11.1 Å². The van der Waals surface area contributed by atoms with E-state index in [2.05, 4.69) is 16.4 Å². The molecule has 0 spiro atoms. The zero-order valence-electron chi connectivity index (χ0n) is 10.6. The van der Waals surface area contributed by atoms with Crippen molar-refractivity contribution in [2.45, 2.75) is 20.8 Å². The number of nitrogens with one attached hydrogen (secondary N) is 1. The SMILES string of the molecule is CC(=O)Nc1nc(-c2ccc(C)cc2C)c(N)s1. The molecular formula is C13H15N3OS. The fraction of sp³-hybridized carbons (Fsp3) is 0.231. The standard InChI is InChI=1S/C13H15N3OS/c1-7-4-5-10(8(2)6-7)11-12(14)18-13(16-11)15-9(3)17/h4-6H,14H2,1-3H3,(H,15,16,17). The summed E-state index contributed by atoms with van der Waals surface area (Å²) in [5.41, 5.74) is 10.0. The molecule has 1 amide bonds. The molecule has 18 heavy (non-hydrogen) atoms. The highest BCUT2D eigenvalue weighted by atomic mass is 32.1. The molecule has 0 fully saturated rings. The van der Waals surface area contributed by atoms with Gasteiger partial charge in [-0.3, -0.25) is 4.79 Å². The average molecular weight is 261 g/mol. The van der Waals surface area contributed by atoms with Crippen LogP contribution >= 0.6 is 11.3 Å². The van der Waals surface area contributed by atoms with Crippen LogP contribution in [0.4, 0.5) is 10.1 Å². The van der Waals surface area contributed by atoms with Crippen molar-refractivity contribution >= 4 is 27.4 Å². The molecule has 0 atom stereocenters. The molecule has 0 unspecified atom stereocenters. The van der Waals surface area contributed by atoms with Gasteiger partial charge in [-0.25, -0.2) is 4.98 Å². The number of nitrogens with two attached hydrogens (primary N) is 1. The summed E-state index contributed by atoms with van der Waals surface area (Å²) in [6, 6.07) is 6.12. The molecule has 3 N–H and O–H groups in total. The van der Waals surface area contributed by atoms with Crippen molar-refractivity contribution in [1.29, 1.82) is 0 Å². The molecule has 0 aliphatic carbocycles. The summed E-state index contributed by atoms with van der Waals surface area (Å²) >= 11 is 1.29. The molecule has 2 aromatic rings. The van der Waals surface area contributed by atoms with E-state index in [1.165, 1.54) is 23.8 Å². The van der Waals surface area contributed by atoms with Gasteiger partial charge in [-0.05, 0) is 19.4 Å². The van der Waals surface area contributed by atoms with Gasteiger partial charge in [-0.2, -0.15) is 0 Å². The van der Waals surface area contributed by atoms with Gasteiger partial charge in [0.15, 0.2) is 5.13 Å². The third-order valence-corrected chi connectivity index (χ3v) is 3.37. The van der Waals surface area contributed by atoms with Gasteiger partial charge in [-0.15, -0.1) is 0 Å². The van der Waals surface area contributed by atoms with E-state index in [0.29, 0.717) is 10.1 Å². The summed E-state index contributed by atoms with van der Waals surface area (Å²) in [5.74, 6) is -0.143. The van der Waals surface area contributed by atoms with Crippen molar-refractivity contribution in [3.63, 3.8) is 0 Å². The van der Waals surface area contributed by atoms with Crippen LogP contribution in [0.3, 0.4) is 0 Å². The van der Waals surface area contributed by atoms with E-state index < -0.39 is 0 Å². The van der Waals surface area contributed by atoms with Crippen LogP contribution in [0.2, 0.25) is 0 Å². The fourth-order valence-corrected chi connectivity index (χ4v) is 2.60. The van der Waals surface area contributed by atoms with E-state index in [9.17, 15) is 4.79 Å². The second kappa shape index (κ2) is 4.78. The third-order valence-electron chi connectivity index (χ3n) is 2.57. The van der Waals surface area contributed by atoms with Gasteiger partial charge in [0.1, 0.15) is 10.7 Å². The highest BCUT2D eigenvalue weighted by Gasteiger charge is 2.13. The van der Waals surface area contributed by atoms with Gasteiger partial charge in [0.25, 0.3) is 0 Å². The third kappa shape index (κ3) is 2.51. The number of anilines is 2. The maximum absolute atomic E-state index is 11.0. The molecule has 2 rings (SSSR count). The van der Waals surface area contributed by atoms with Crippen LogP contribution in [0.5, 0.6) is 0 Å². The van der Waals surface area contributed by atoms with Crippen LogP contribution in [0, 0.1) is 13.8 Å². The number of hydrogen-bond acceptors (Lipinski definition) is 4. The predicted octanol–water partition coefficient (Wildman–Crippen LogP) is 2.97. The number of hydrogen-bond donors (Lipinski definition) is 2. The highest BCUT2D eigenvalue weighted by Crippen LogP contribution is 2.35. The van der Waals surface area contributed by atoms with Gasteiger partial charge in [0, 0.05) is 12.5 Å². The number of rotatable bonds is 2. The average Bonchev–Trinajstić information content (AvgIpc) is 2.58. The molecule has 94 valence electrons. The van der Waals surface area contributed by atoms with Crippen molar-refractivity contribution < 1.29 is 4.79 Å². The summed E-state index contributed by atoms with van der Waals surface area (Å²) in [7, 11) is 0. The number of aryl methyl sites for hydroxylation is 2. The lowest BCUT2D eigenvalue weighted by atomic mass is 10.0. The van der Waals surface area contributed by atoms with Crippen molar-refractivity contribution in [2.24, 2.45) is 0 Å². The Kier molecular flexibility index (Phi) is 3.34. The van der Waals surface area contributed by atoms with Crippen molar-refractivity contribution in [1.82, 2.24) is 4.98 Å². The zero-order valence-corrected chi connectivity index (χ0v) is 11.4. The van der Waals surface area contributed by atoms with Gasteiger partial charge < -0.3 is 11.1 Å². The first-order chi connectivity index (χ1) is 8.47. The Balaban J connectivity index is 2.44. The number of carbonyl (C=O) groups excluding carboxylic acids is 1. The molecule has 0 aliphatic heterocycles. The van der Waals surface area contributed by atoms with Crippen LogP contribution in [0.15, 0.2) is 18.2 Å². The van der Waals surface area contributed by atoms with Crippen molar-refractivity contribution in [2.75, 3.05) is 11.1 Å². The molecule has 0 aliphatic rings. The van der Waals surface area contributed by atoms with E-state index in [1.807, 2.05) is 26.0 Å². The quantitative estimate of drug-likeness (QED) is 0.873. The number of nitrogens with zero attached hydrogens (tertiary/aromatic N) is 1. The monoisotopic (exact) mass is 261 g/mol. The van der Waals surface area contributed by atoms with Gasteiger partial charge >= 0.3 is 0 Å². The Bertz CT molecular complexity index is 604. The van der Waals surface area contributed by atoms with Gasteiger partial charge in [0.05, 0.1) is 0 Å². The van der Waals surface area contributed by atoms with Crippen molar-refractivity contribution in [3.05, 3.63) is 29.3 Å². The first kappa shape index (κ1) is 12.6. The summed E-state index contributed by atoms with van der Waals surface area (Å²) in [4.78, 5) is 15.4. The molecule has 1 aromatic heterocycles. The molecule has 0 radical (unpaired) electrons. The largest absolute Gasteiger partial charge is 0.389 e. The van der Waals surface area contributed by atoms with E-state index >= 15 is 0 Å². The predicted molar refractivity (Wildman–Crippen MR) is 75.7 cm³/mol. The smallest absolute Gasteiger partial charge is 0.223 e. The molecule has 0 bridgehead atoms. The molecule has 1 heterocycles. The second-order valence-corrected chi connectivity index (χ2v) is 5.26. The molecular weight excluding hydrogens is 246 g/mol. The van der Waals surface area contributed by atoms with E-state index in [0.717, 1.165) is 16.8 Å². The summed E-state index contributed by atoms with van der Waals surface area (Å²) in [6.07, 6.45) is 0. The first-order valence-electron chi connectivity index (χ1n) is 5.59. The summed E-state index contributed by atoms with van der Waals surface area (Å²) in [5, 5.41) is 3.81. The Morgan fingerprint density at radius 1 is 1.39 bits per heavy atom. The Morgan fingerprint density at radius 2 is 2.11 bits per heavy atom. The van der Waals surface area contributed by atoms with Gasteiger partial charge in [-0.1, -0.05) is 35.1 Å². The number of amides is 1. The van der Waals surface area contributed by atoms with Crippen LogP contribution in [0.1, 0.15) is 18.1 Å². The molecule has 4 nitrogen and oxygen atoms in total. The fourth-order valence-electron chi connectivity index (χ4n) is 1.81. The van der Waals surface area contributed by atoms with Crippen LogP contribution in [-0.4, -0.2) is 10.9 Å². The normalized spacial score (nSPS) is 10.4. The van der Waals surface area contributed by atoms with Crippen LogP contribution in [0.25, 0.3) is 11.3 Å². The number of carbonyl (C=O) groups is 1. The van der Waals surface area contributed by atoms with Crippen molar-refractivity contribution in [3.8, 4) is 11.3 Å². The molecule has 0 saturated carbocycles. The lowest BCUT2D eigenvalue weighted by Crippen LogP contribution is -2.04. The Morgan fingerprint density at radius 3 is 2.72 bits per heavy atom. The van der Waals surface area contributed by atoms with E-state index in [1.54, 1.807) is 0 Å². The van der Waals surface area contributed by atoms with Crippen LogP contribution in [-0.2, 0) is 4.79 Å². The lowest BCUT2D eigenvalue weighted by Gasteiger charge is -2.04. The minimum atomic E-state index is -0.143. The Hall–Kier alpha value is -1.88. The second-order valence-electron chi connectivity index (χ2n) is 4.23. The first-order valence-corrected chi connectivity index (χ1v) is 6.40. The minimum absolute atomic E-state index is 0.143. The number of aromatic nitrogens is 1. The lowest BCUT2D eigenvalue weighted by molar-refractivity contribution is -0.114.